The molecule has 2 heterocycles. The van der Waals surface area contributed by atoms with Crippen molar-refractivity contribution in [1.29, 1.82) is 0 Å². The van der Waals surface area contributed by atoms with Crippen molar-refractivity contribution in [3.05, 3.63) is 35.0 Å². The number of hydrogen-bond donors (Lipinski definition) is 0. The molecule has 0 saturated carbocycles. The molecule has 0 amide bonds. The van der Waals surface area contributed by atoms with Crippen LogP contribution in [0.15, 0.2) is 29.4 Å². The zero-order valence-electron chi connectivity index (χ0n) is 10.5. The van der Waals surface area contributed by atoms with Crippen LogP contribution < -0.4 is 15.7 Å². The second-order valence-electron chi connectivity index (χ2n) is 4.55. The highest BCUT2D eigenvalue weighted by Gasteiger charge is 2.19. The van der Waals surface area contributed by atoms with Gasteiger partial charge in [0.05, 0.1) is 5.52 Å². The molecule has 0 aliphatic carbocycles. The zero-order valence-corrected chi connectivity index (χ0v) is 10.5. The molecule has 2 aromatic rings. The molecular weight excluding hydrogens is 224 g/mol. The summed E-state index contributed by atoms with van der Waals surface area (Å²) >= 11 is 0. The van der Waals surface area contributed by atoms with Gasteiger partial charge in [0, 0.05) is 16.8 Å². The van der Waals surface area contributed by atoms with Gasteiger partial charge in [-0.1, -0.05) is 31.5 Å². The maximum atomic E-state index is 4.63. The van der Waals surface area contributed by atoms with E-state index in [9.17, 15) is 0 Å². The van der Waals surface area contributed by atoms with Gasteiger partial charge in [0.15, 0.2) is 17.3 Å². The van der Waals surface area contributed by atoms with E-state index in [1.165, 1.54) is 12.8 Å². The quantitative estimate of drug-likeness (QED) is 0.596. The highest BCUT2D eigenvalue weighted by Crippen LogP contribution is 2.04. The van der Waals surface area contributed by atoms with Crippen molar-refractivity contribution in [1.82, 2.24) is 15.2 Å². The molecule has 1 aromatic heterocycles. The monoisotopic (exact) mass is 240 g/mol. The van der Waals surface area contributed by atoms with E-state index in [2.05, 4.69) is 28.3 Å². The van der Waals surface area contributed by atoms with E-state index in [0.29, 0.717) is 0 Å². The molecule has 0 N–H and O–H groups in total. The summed E-state index contributed by atoms with van der Waals surface area (Å²) < 4.78 is 0. The highest BCUT2D eigenvalue weighted by atomic mass is 15.5. The zero-order chi connectivity index (χ0) is 12.4. The lowest BCUT2D eigenvalue weighted by molar-refractivity contribution is 0.541. The Bertz CT molecular complexity index is 678. The Kier molecular flexibility index (Phi) is 3.02. The van der Waals surface area contributed by atoms with Crippen LogP contribution in [0, 0.1) is 0 Å². The van der Waals surface area contributed by atoms with Crippen molar-refractivity contribution in [3.8, 4) is 0 Å². The first-order chi connectivity index (χ1) is 8.88. The van der Waals surface area contributed by atoms with Crippen molar-refractivity contribution in [2.75, 3.05) is 6.54 Å². The average Bonchev–Trinajstić information content (AvgIpc) is 2.82. The lowest BCUT2D eigenvalue weighted by Crippen LogP contribution is -2.27. The number of hydrogen-bond acceptors (Lipinski definition) is 4. The summed E-state index contributed by atoms with van der Waals surface area (Å²) in [7, 11) is 0. The van der Waals surface area contributed by atoms with E-state index in [1.54, 1.807) is 0 Å². The highest BCUT2D eigenvalue weighted by molar-refractivity contribution is 5.77. The van der Waals surface area contributed by atoms with E-state index in [4.69, 9.17) is 0 Å². The molecule has 0 atom stereocenters. The number of nitrogens with zero attached hydrogens (tertiary/aromatic N) is 4. The van der Waals surface area contributed by atoms with E-state index in [-0.39, 0.29) is 0 Å². The van der Waals surface area contributed by atoms with E-state index >= 15 is 0 Å². The van der Waals surface area contributed by atoms with Gasteiger partial charge in [0.1, 0.15) is 0 Å². The summed E-state index contributed by atoms with van der Waals surface area (Å²) in [5, 5.41) is 18.0. The maximum absolute atomic E-state index is 4.63. The number of benzene rings is 1. The molecule has 1 aliphatic heterocycles. The van der Waals surface area contributed by atoms with E-state index < -0.39 is 0 Å². The molecule has 0 saturated heterocycles. The lowest BCUT2D eigenvalue weighted by atomic mass is 10.2. The van der Waals surface area contributed by atoms with Crippen LogP contribution in [-0.4, -0.2) is 16.7 Å². The predicted octanol–water partition coefficient (Wildman–Crippen LogP) is 1.25. The van der Waals surface area contributed by atoms with Crippen LogP contribution >= 0.6 is 0 Å². The van der Waals surface area contributed by atoms with Gasteiger partial charge in [-0.3, -0.25) is 0 Å². The van der Waals surface area contributed by atoms with Gasteiger partial charge in [0.25, 0.3) is 0 Å². The fourth-order valence-electron chi connectivity index (χ4n) is 2.18. The summed E-state index contributed by atoms with van der Waals surface area (Å²) in [5.74, 6) is 0. The topological polar surface area (TPSA) is 44.0 Å². The molecule has 3 rings (SSSR count). The minimum absolute atomic E-state index is 0.880. The SMILES string of the molecule is CCCCC[N+]1C=c2nnc3ccccc3c2=N1. The third kappa shape index (κ3) is 1.99. The third-order valence-corrected chi connectivity index (χ3v) is 3.16. The second-order valence-corrected chi connectivity index (χ2v) is 4.55. The number of fused-ring (bicyclic) bond motifs is 3. The molecule has 1 aromatic carbocycles. The van der Waals surface area contributed by atoms with Crippen molar-refractivity contribution in [2.24, 2.45) is 5.10 Å². The van der Waals surface area contributed by atoms with Gasteiger partial charge < -0.3 is 0 Å². The fourth-order valence-corrected chi connectivity index (χ4v) is 2.18. The van der Waals surface area contributed by atoms with Gasteiger partial charge in [0.2, 0.25) is 6.20 Å². The smallest absolute Gasteiger partial charge is 0.150 e. The van der Waals surface area contributed by atoms with E-state index in [1.807, 2.05) is 29.4 Å². The molecule has 1 radical (unpaired) electrons. The molecule has 1 aliphatic rings. The summed E-state index contributed by atoms with van der Waals surface area (Å²) in [6.45, 7) is 3.16. The number of aromatic nitrogens is 2. The summed E-state index contributed by atoms with van der Waals surface area (Å²) in [6.07, 6.45) is 5.62. The van der Waals surface area contributed by atoms with Crippen molar-refractivity contribution in [2.45, 2.75) is 26.2 Å². The molecule has 0 unspecified atom stereocenters. The molecule has 91 valence electrons. The first-order valence-corrected chi connectivity index (χ1v) is 6.47. The first kappa shape index (κ1) is 11.3. The van der Waals surface area contributed by atoms with Gasteiger partial charge in [-0.15, -0.1) is 10.2 Å². The van der Waals surface area contributed by atoms with Gasteiger partial charge in [-0.25, -0.2) is 0 Å². The van der Waals surface area contributed by atoms with Crippen molar-refractivity contribution < 1.29 is 0 Å². The first-order valence-electron chi connectivity index (χ1n) is 6.47. The Balaban J connectivity index is 1.98. The largest absolute Gasteiger partial charge is 0.206 e. The average molecular weight is 240 g/mol. The Labute approximate surface area is 106 Å². The minimum Gasteiger partial charge on any atom is -0.150 e. The van der Waals surface area contributed by atoms with Crippen LogP contribution in [0.1, 0.15) is 26.2 Å². The summed E-state index contributed by atoms with van der Waals surface area (Å²) in [5.41, 5.74) is 0.906. The Morgan fingerprint density at radius 1 is 1.11 bits per heavy atom. The molecule has 0 bridgehead atoms. The molecule has 18 heavy (non-hydrogen) atoms. The van der Waals surface area contributed by atoms with Gasteiger partial charge >= 0.3 is 0 Å². The molecule has 4 nitrogen and oxygen atoms in total. The maximum Gasteiger partial charge on any atom is 0.206 e. The predicted molar refractivity (Wildman–Crippen MR) is 71.3 cm³/mol. The standard InChI is InChI=1S/C14H16N4/c1-2-3-6-9-18-10-13-14(17-18)11-7-4-5-8-12(11)15-16-13/h4-5,7-8,10H,2-3,6,9H2,1H3/q+1. The molecule has 0 fully saturated rings. The van der Waals surface area contributed by atoms with Crippen LogP contribution in [0.5, 0.6) is 0 Å². The third-order valence-electron chi connectivity index (χ3n) is 3.16. The Morgan fingerprint density at radius 2 is 2.00 bits per heavy atom. The fraction of sp³-hybridized carbons (Fsp3) is 0.357. The van der Waals surface area contributed by atoms with Crippen LogP contribution in [-0.2, 0) is 0 Å². The Hall–Kier alpha value is -1.81. The van der Waals surface area contributed by atoms with Crippen molar-refractivity contribution in [3.63, 3.8) is 0 Å². The summed E-state index contributed by atoms with van der Waals surface area (Å²) in [4.78, 5) is 0. The van der Waals surface area contributed by atoms with Crippen LogP contribution in [0.4, 0.5) is 0 Å². The minimum atomic E-state index is 0.880. The van der Waals surface area contributed by atoms with Crippen LogP contribution in [0.25, 0.3) is 17.1 Å². The molecule has 0 spiro atoms. The van der Waals surface area contributed by atoms with Crippen molar-refractivity contribution >= 4 is 17.1 Å². The van der Waals surface area contributed by atoms with E-state index in [0.717, 1.165) is 34.6 Å². The van der Waals surface area contributed by atoms with Gasteiger partial charge in [-0.05, 0) is 17.6 Å². The normalized spacial score (nSPS) is 14.3. The molecule has 4 heteroatoms. The molecular formula is C14H16N4+. The number of rotatable bonds is 4. The Morgan fingerprint density at radius 3 is 2.89 bits per heavy atom. The lowest BCUT2D eigenvalue weighted by Gasteiger charge is -1.95. The second kappa shape index (κ2) is 4.82. The summed E-state index contributed by atoms with van der Waals surface area (Å²) in [6, 6.07) is 8.01. The van der Waals surface area contributed by atoms with Gasteiger partial charge in [-0.2, -0.15) is 0 Å². The van der Waals surface area contributed by atoms with Crippen LogP contribution in [0.2, 0.25) is 0 Å². The number of unbranched alkanes of at least 4 members (excludes halogenated alkanes) is 2. The van der Waals surface area contributed by atoms with Crippen LogP contribution in [0.3, 0.4) is 0 Å².